The molecule has 2 aliphatic rings. The minimum absolute atomic E-state index is 0. The molecule has 7 heteroatoms. The van der Waals surface area contributed by atoms with Crippen molar-refractivity contribution >= 4 is 41.5 Å². The van der Waals surface area contributed by atoms with Crippen LogP contribution in [0.15, 0.2) is 41.4 Å². The standard InChI is InChI=1S/C20H29ClN4O.HI/c1-3-22-20(25-13-10-18(15-25)24-11-4-5-12-24)23-14-16(2)26-19-8-6-17(21)7-9-19;/h4-9,16,18H,3,10-15H2,1-2H3,(H,22,23);1H. The van der Waals surface area contributed by atoms with Gasteiger partial charge in [-0.2, -0.15) is 0 Å². The number of benzene rings is 1. The van der Waals surface area contributed by atoms with Gasteiger partial charge in [0.2, 0.25) is 0 Å². The van der Waals surface area contributed by atoms with Crippen molar-refractivity contribution in [3.8, 4) is 5.75 Å². The van der Waals surface area contributed by atoms with Gasteiger partial charge in [-0.25, -0.2) is 4.99 Å². The molecule has 1 fully saturated rings. The summed E-state index contributed by atoms with van der Waals surface area (Å²) in [6.07, 6.45) is 5.73. The lowest BCUT2D eigenvalue weighted by atomic mass is 10.2. The number of likely N-dealkylation sites (tertiary alicyclic amines) is 1. The number of nitrogens with one attached hydrogen (secondary N) is 1. The molecule has 1 aromatic carbocycles. The van der Waals surface area contributed by atoms with E-state index in [0.29, 0.717) is 17.6 Å². The molecule has 2 unspecified atom stereocenters. The van der Waals surface area contributed by atoms with Crippen LogP contribution in [0.4, 0.5) is 0 Å². The molecule has 0 spiro atoms. The van der Waals surface area contributed by atoms with E-state index in [0.717, 1.165) is 44.4 Å². The lowest BCUT2D eigenvalue weighted by Gasteiger charge is -2.25. The van der Waals surface area contributed by atoms with Crippen LogP contribution in [0, 0.1) is 0 Å². The van der Waals surface area contributed by atoms with Crippen LogP contribution < -0.4 is 10.1 Å². The number of hydrogen-bond acceptors (Lipinski definition) is 3. The molecule has 5 nitrogen and oxygen atoms in total. The van der Waals surface area contributed by atoms with Gasteiger partial charge in [0.25, 0.3) is 0 Å². The average molecular weight is 505 g/mol. The molecule has 0 amide bonds. The van der Waals surface area contributed by atoms with E-state index in [1.54, 1.807) is 0 Å². The smallest absolute Gasteiger partial charge is 0.194 e. The van der Waals surface area contributed by atoms with Crippen molar-refractivity contribution in [2.24, 2.45) is 4.99 Å². The Labute approximate surface area is 184 Å². The van der Waals surface area contributed by atoms with Gasteiger partial charge in [0.05, 0.1) is 6.54 Å². The van der Waals surface area contributed by atoms with Gasteiger partial charge in [-0.1, -0.05) is 23.8 Å². The van der Waals surface area contributed by atoms with Crippen LogP contribution in [0.1, 0.15) is 20.3 Å². The Bertz CT molecular complexity index is 629. The molecule has 0 aliphatic carbocycles. The molecule has 0 bridgehead atoms. The van der Waals surface area contributed by atoms with Crippen LogP contribution >= 0.6 is 35.6 Å². The predicted octanol–water partition coefficient (Wildman–Crippen LogP) is 3.64. The van der Waals surface area contributed by atoms with E-state index in [9.17, 15) is 0 Å². The van der Waals surface area contributed by atoms with E-state index in [4.69, 9.17) is 21.3 Å². The molecule has 2 aliphatic heterocycles. The van der Waals surface area contributed by atoms with E-state index >= 15 is 0 Å². The second-order valence-corrected chi connectivity index (χ2v) is 7.33. The highest BCUT2D eigenvalue weighted by molar-refractivity contribution is 14.0. The molecule has 150 valence electrons. The fourth-order valence-electron chi connectivity index (χ4n) is 3.45. The molecular formula is C20H30ClIN4O. The number of aliphatic imine (C=N–C) groups is 1. The van der Waals surface area contributed by atoms with Gasteiger partial charge in [0.1, 0.15) is 11.9 Å². The Morgan fingerprint density at radius 3 is 2.67 bits per heavy atom. The topological polar surface area (TPSA) is 40.1 Å². The van der Waals surface area contributed by atoms with Gasteiger partial charge < -0.3 is 15.0 Å². The lowest BCUT2D eigenvalue weighted by molar-refractivity contribution is 0.229. The highest BCUT2D eigenvalue weighted by atomic mass is 127. The molecule has 2 atom stereocenters. The van der Waals surface area contributed by atoms with E-state index in [2.05, 4.69) is 34.2 Å². The molecule has 0 radical (unpaired) electrons. The van der Waals surface area contributed by atoms with Gasteiger partial charge in [0.15, 0.2) is 5.96 Å². The summed E-state index contributed by atoms with van der Waals surface area (Å²) < 4.78 is 5.93. The molecule has 3 rings (SSSR count). The monoisotopic (exact) mass is 504 g/mol. The number of hydrogen-bond donors (Lipinski definition) is 1. The second kappa shape index (κ2) is 11.1. The summed E-state index contributed by atoms with van der Waals surface area (Å²) in [6, 6.07) is 8.09. The predicted molar refractivity (Wildman–Crippen MR) is 124 cm³/mol. The van der Waals surface area contributed by atoms with Crippen LogP contribution in [-0.2, 0) is 0 Å². The number of nitrogens with zero attached hydrogens (tertiary/aromatic N) is 3. The van der Waals surface area contributed by atoms with E-state index in [-0.39, 0.29) is 30.1 Å². The zero-order valence-electron chi connectivity index (χ0n) is 16.1. The van der Waals surface area contributed by atoms with Crippen LogP contribution in [-0.4, -0.2) is 67.2 Å². The first-order valence-electron chi connectivity index (χ1n) is 9.50. The van der Waals surface area contributed by atoms with Crippen LogP contribution in [0.2, 0.25) is 5.02 Å². The third-order valence-electron chi connectivity index (χ3n) is 4.81. The minimum Gasteiger partial charge on any atom is -0.489 e. The van der Waals surface area contributed by atoms with Crippen LogP contribution in [0.25, 0.3) is 0 Å². The first-order valence-corrected chi connectivity index (χ1v) is 9.88. The fourth-order valence-corrected chi connectivity index (χ4v) is 3.57. The van der Waals surface area contributed by atoms with Gasteiger partial charge in [-0.15, -0.1) is 24.0 Å². The third-order valence-corrected chi connectivity index (χ3v) is 5.06. The van der Waals surface area contributed by atoms with Gasteiger partial charge >= 0.3 is 0 Å². The SMILES string of the molecule is CCNC(=NCC(C)Oc1ccc(Cl)cc1)N1CCC(N2CC=CC2)C1.I. The first-order chi connectivity index (χ1) is 12.7. The van der Waals surface area contributed by atoms with Crippen molar-refractivity contribution in [3.63, 3.8) is 0 Å². The largest absolute Gasteiger partial charge is 0.489 e. The van der Waals surface area contributed by atoms with Crippen molar-refractivity contribution in [1.82, 2.24) is 15.1 Å². The highest BCUT2D eigenvalue weighted by Gasteiger charge is 2.29. The fraction of sp³-hybridized carbons (Fsp3) is 0.550. The van der Waals surface area contributed by atoms with Gasteiger partial charge in [-0.3, -0.25) is 4.90 Å². The van der Waals surface area contributed by atoms with E-state index < -0.39 is 0 Å². The summed E-state index contributed by atoms with van der Waals surface area (Å²) in [5.74, 6) is 1.82. The Balaban J connectivity index is 0.00000261. The summed E-state index contributed by atoms with van der Waals surface area (Å²) >= 11 is 5.92. The molecule has 0 aromatic heterocycles. The minimum atomic E-state index is 0. The Morgan fingerprint density at radius 1 is 1.30 bits per heavy atom. The van der Waals surface area contributed by atoms with Crippen molar-refractivity contribution in [1.29, 1.82) is 0 Å². The van der Waals surface area contributed by atoms with Crippen LogP contribution in [0.5, 0.6) is 5.75 Å². The number of rotatable bonds is 6. The summed E-state index contributed by atoms with van der Waals surface area (Å²) in [7, 11) is 0. The maximum atomic E-state index is 5.93. The number of guanidine groups is 1. The van der Waals surface area contributed by atoms with Gasteiger partial charge in [-0.05, 0) is 44.5 Å². The molecular weight excluding hydrogens is 475 g/mol. The van der Waals surface area contributed by atoms with Crippen molar-refractivity contribution in [3.05, 3.63) is 41.4 Å². The summed E-state index contributed by atoms with van der Waals surface area (Å²) in [6.45, 7) is 9.91. The quantitative estimate of drug-likeness (QED) is 0.278. The third kappa shape index (κ3) is 6.54. The van der Waals surface area contributed by atoms with Crippen molar-refractivity contribution < 1.29 is 4.74 Å². The number of ether oxygens (including phenoxy) is 1. The van der Waals surface area contributed by atoms with Gasteiger partial charge in [0, 0.05) is 43.8 Å². The molecule has 0 saturated carbocycles. The van der Waals surface area contributed by atoms with E-state index in [1.165, 1.54) is 6.42 Å². The Morgan fingerprint density at radius 2 is 2.00 bits per heavy atom. The Kier molecular flexibility index (Phi) is 9.18. The van der Waals surface area contributed by atoms with Crippen LogP contribution in [0.3, 0.4) is 0 Å². The maximum Gasteiger partial charge on any atom is 0.194 e. The highest BCUT2D eigenvalue weighted by Crippen LogP contribution is 2.19. The molecule has 27 heavy (non-hydrogen) atoms. The number of halogens is 2. The van der Waals surface area contributed by atoms with Crippen molar-refractivity contribution in [2.75, 3.05) is 39.3 Å². The second-order valence-electron chi connectivity index (χ2n) is 6.89. The molecule has 1 aromatic rings. The molecule has 2 heterocycles. The molecule has 1 N–H and O–H groups in total. The lowest BCUT2D eigenvalue weighted by Crippen LogP contribution is -2.43. The van der Waals surface area contributed by atoms with E-state index in [1.807, 2.05) is 31.2 Å². The Hall–Kier alpha value is -0.990. The molecule has 1 saturated heterocycles. The maximum absolute atomic E-state index is 5.93. The van der Waals surface area contributed by atoms with Crippen molar-refractivity contribution in [2.45, 2.75) is 32.4 Å². The normalized spacial score (nSPS) is 21.2. The summed E-state index contributed by atoms with van der Waals surface area (Å²) in [5.41, 5.74) is 0. The average Bonchev–Trinajstić information content (AvgIpc) is 3.32. The first kappa shape index (κ1) is 22.3. The zero-order valence-corrected chi connectivity index (χ0v) is 19.2. The zero-order chi connectivity index (χ0) is 18.4. The summed E-state index contributed by atoms with van der Waals surface area (Å²) in [5, 5.41) is 4.15. The summed E-state index contributed by atoms with van der Waals surface area (Å²) in [4.78, 5) is 9.73.